The summed E-state index contributed by atoms with van der Waals surface area (Å²) in [6.45, 7) is 31.0. The first-order chi connectivity index (χ1) is 48.6. The highest BCUT2D eigenvalue weighted by atomic mass is 19.4. The summed E-state index contributed by atoms with van der Waals surface area (Å²) in [6.07, 6.45) is -14.4. The lowest BCUT2D eigenvalue weighted by Gasteiger charge is -2.23. The molecule has 0 aliphatic carbocycles. The van der Waals surface area contributed by atoms with E-state index in [0.717, 1.165) is 134 Å². The maximum Gasteiger partial charge on any atom is 0.420 e. The zero-order valence-electron chi connectivity index (χ0n) is 56.2. The van der Waals surface area contributed by atoms with E-state index in [9.17, 15) is 31.6 Å². The number of alkyl halides is 9. The van der Waals surface area contributed by atoms with Crippen LogP contribution in [0.5, 0.6) is 0 Å². The van der Waals surface area contributed by atoms with Gasteiger partial charge in [-0.2, -0.15) is 44.8 Å². The molecule has 0 N–H and O–H groups in total. The normalized spacial score (nSPS) is 12.1. The van der Waals surface area contributed by atoms with Crippen molar-refractivity contribution >= 4 is 98.6 Å². The minimum atomic E-state index is -4.92. The molecule has 0 saturated heterocycles. The van der Waals surface area contributed by atoms with Gasteiger partial charge in [-0.3, -0.25) is 0 Å². The highest BCUT2D eigenvalue weighted by Crippen LogP contribution is 2.49. The van der Waals surface area contributed by atoms with Gasteiger partial charge < -0.3 is 18.3 Å². The number of fused-ring (bicyclic) bond motifs is 12. The largest absolute Gasteiger partial charge is 0.420 e. The van der Waals surface area contributed by atoms with Crippen LogP contribution in [0.3, 0.4) is 0 Å². The van der Waals surface area contributed by atoms with Crippen LogP contribution >= 0.6 is 0 Å². The lowest BCUT2D eigenvalue weighted by molar-refractivity contribution is -0.138. The van der Waals surface area contributed by atoms with Crippen LogP contribution in [0.15, 0.2) is 206 Å². The number of aromatic nitrogens is 4. The SMILES string of the molecule is [C-]#[N+]c1cc(-c2cc(-n3c4ccc(C)cc4c4cc(C)ccc43)c(C#N)c(-n3c4ccc(C)cc4c4cc(C)ccc43)c2)cc(C(F)(F)F)c1.[C-]#[N+]c1cc(-c2cc(-n3c4ccc(C)cc4c4cc(C)ccc43)c(C(F)(F)F)c(-n3c4ccc(C)cc4c4cc(C)ccc43)c2)cc(C(F)(F)F)c1. The molecule has 12 aromatic carbocycles. The van der Waals surface area contributed by atoms with Gasteiger partial charge in [0.15, 0.2) is 11.4 Å². The maximum absolute atomic E-state index is 16.0. The second-order valence-corrected chi connectivity index (χ2v) is 26.7. The van der Waals surface area contributed by atoms with Gasteiger partial charge in [0.1, 0.15) is 17.2 Å². The van der Waals surface area contributed by atoms with Crippen molar-refractivity contribution in [1.29, 1.82) is 5.26 Å². The molecule has 0 aliphatic rings. The first kappa shape index (κ1) is 65.6. The summed E-state index contributed by atoms with van der Waals surface area (Å²) in [6, 6.07) is 61.9. The summed E-state index contributed by atoms with van der Waals surface area (Å²) in [5, 5.41) is 18.1. The number of aryl methyl sites for hydroxylation is 8. The summed E-state index contributed by atoms with van der Waals surface area (Å²) < 4.78 is 140. The minimum Gasteiger partial charge on any atom is -0.309 e. The molecule has 0 aliphatic heterocycles. The predicted molar refractivity (Wildman–Crippen MR) is 391 cm³/mol. The molecule has 102 heavy (non-hydrogen) atoms. The van der Waals surface area contributed by atoms with Crippen molar-refractivity contribution in [3.05, 3.63) is 296 Å². The number of halogens is 9. The van der Waals surface area contributed by atoms with E-state index in [4.69, 9.17) is 13.1 Å². The number of hydrogen-bond donors (Lipinski definition) is 0. The van der Waals surface area contributed by atoms with Crippen molar-refractivity contribution in [2.75, 3.05) is 0 Å². The maximum atomic E-state index is 16.0. The van der Waals surface area contributed by atoms with Gasteiger partial charge in [-0.25, -0.2) is 9.69 Å². The van der Waals surface area contributed by atoms with Crippen molar-refractivity contribution in [1.82, 2.24) is 18.3 Å². The number of hydrogen-bond acceptors (Lipinski definition) is 1. The van der Waals surface area contributed by atoms with Crippen LogP contribution in [0.4, 0.5) is 50.9 Å². The lowest BCUT2D eigenvalue weighted by atomic mass is 9.97. The van der Waals surface area contributed by atoms with E-state index in [1.807, 2.05) is 162 Å². The third kappa shape index (κ3) is 11.1. The number of nitrogens with zero attached hydrogens (tertiary/aromatic N) is 7. The van der Waals surface area contributed by atoms with E-state index >= 15 is 13.2 Å². The molecule has 4 aromatic heterocycles. The van der Waals surface area contributed by atoms with Gasteiger partial charge in [0, 0.05) is 54.2 Å². The first-order valence-corrected chi connectivity index (χ1v) is 32.7. The van der Waals surface area contributed by atoms with E-state index in [0.29, 0.717) is 44.6 Å². The zero-order valence-corrected chi connectivity index (χ0v) is 56.2. The third-order valence-electron chi connectivity index (χ3n) is 19.3. The van der Waals surface area contributed by atoms with Crippen LogP contribution in [0, 0.1) is 79.9 Å². The molecule has 16 aromatic rings. The Morgan fingerprint density at radius 3 is 0.706 bits per heavy atom. The summed E-state index contributed by atoms with van der Waals surface area (Å²) >= 11 is 0. The van der Waals surface area contributed by atoms with Gasteiger partial charge in [0.2, 0.25) is 0 Å². The standard InChI is InChI=1S/C43H29F6N3.C43H29F3N4/c1-23-6-10-35-31(14-23)32-15-24(2)7-11-36(32)51(35)39-20-28(27-18-29(42(44,45)46)22-30(19-27)50-5)21-40(41(39)43(47,48)49)52-37-12-8-25(3)16-33(37)34-17-26(4)9-13-38(34)52;1-24-6-10-37-32(14-24)33-15-25(2)7-11-38(33)49(37)41-20-29(28-18-30(43(44,45)46)22-31(19-28)48-5)21-42(36(41)23-47)50-39-12-8-26(3)16-34(39)35-17-27(4)9-13-40(35)50/h6-22H,1-4H3;6-22H,1-4H3. The van der Waals surface area contributed by atoms with Gasteiger partial charge in [-0.1, -0.05) is 93.0 Å². The average Bonchev–Trinajstić information content (AvgIpc) is 1.53. The van der Waals surface area contributed by atoms with Gasteiger partial charge in [-0.15, -0.1) is 0 Å². The topological polar surface area (TPSA) is 52.2 Å². The Labute approximate surface area is 579 Å². The van der Waals surface area contributed by atoms with Crippen LogP contribution in [0.1, 0.15) is 66.8 Å². The van der Waals surface area contributed by atoms with E-state index in [1.165, 1.54) is 24.3 Å². The van der Waals surface area contributed by atoms with Crippen LogP contribution in [0.2, 0.25) is 0 Å². The average molecular weight is 1360 g/mol. The van der Waals surface area contributed by atoms with Gasteiger partial charge in [-0.05, 0) is 235 Å². The van der Waals surface area contributed by atoms with Gasteiger partial charge in [0.05, 0.1) is 80.0 Å². The molecule has 0 amide bonds. The molecular formula is C86H58F9N7. The highest BCUT2D eigenvalue weighted by Gasteiger charge is 2.40. The molecule has 0 saturated carbocycles. The molecule has 0 unspecified atom stereocenters. The van der Waals surface area contributed by atoms with E-state index in [-0.39, 0.29) is 39.4 Å². The molecule has 0 atom stereocenters. The Morgan fingerprint density at radius 1 is 0.284 bits per heavy atom. The fraction of sp³-hybridized carbons (Fsp3) is 0.128. The molecule has 0 fully saturated rings. The molecule has 0 radical (unpaired) electrons. The van der Waals surface area contributed by atoms with E-state index in [2.05, 4.69) is 40.0 Å². The molecule has 0 bridgehead atoms. The Balaban J connectivity index is 0.000000165. The zero-order chi connectivity index (χ0) is 71.9. The fourth-order valence-electron chi connectivity index (χ4n) is 14.7. The summed E-state index contributed by atoms with van der Waals surface area (Å²) in [5.74, 6) is 0. The van der Waals surface area contributed by atoms with Gasteiger partial charge in [0.25, 0.3) is 0 Å². The molecule has 16 heteroatoms. The fourth-order valence-corrected chi connectivity index (χ4v) is 14.7. The van der Waals surface area contributed by atoms with Crippen LogP contribution in [0.25, 0.3) is 142 Å². The minimum absolute atomic E-state index is 0.0306. The number of rotatable bonds is 6. The van der Waals surface area contributed by atoms with Crippen molar-refractivity contribution in [3.8, 4) is 51.1 Å². The quantitative estimate of drug-likeness (QED) is 0.121. The second kappa shape index (κ2) is 24.0. The monoisotopic (exact) mass is 1360 g/mol. The Hall–Kier alpha value is -12.3. The molecule has 500 valence electrons. The molecular weight excluding hydrogens is 1300 g/mol. The summed E-state index contributed by atoms with van der Waals surface area (Å²) in [7, 11) is 0. The summed E-state index contributed by atoms with van der Waals surface area (Å²) in [4.78, 5) is 6.68. The van der Waals surface area contributed by atoms with E-state index < -0.39 is 35.2 Å². The van der Waals surface area contributed by atoms with Crippen LogP contribution in [-0.4, -0.2) is 18.3 Å². The molecule has 4 heterocycles. The lowest BCUT2D eigenvalue weighted by Crippen LogP contribution is -2.16. The van der Waals surface area contributed by atoms with E-state index in [1.54, 1.807) is 45.5 Å². The summed E-state index contributed by atoms with van der Waals surface area (Å²) in [5.41, 5.74) is 11.9. The highest BCUT2D eigenvalue weighted by molar-refractivity contribution is 6.14. The third-order valence-corrected chi connectivity index (χ3v) is 19.3. The Morgan fingerprint density at radius 2 is 0.500 bits per heavy atom. The van der Waals surface area contributed by atoms with Crippen molar-refractivity contribution < 1.29 is 39.5 Å². The second-order valence-electron chi connectivity index (χ2n) is 26.7. The van der Waals surface area contributed by atoms with Crippen molar-refractivity contribution in [2.45, 2.75) is 73.9 Å². The Kier molecular flexibility index (Phi) is 15.4. The molecule has 0 spiro atoms. The Bertz CT molecular complexity index is 5890. The molecule has 7 nitrogen and oxygen atoms in total. The smallest absolute Gasteiger partial charge is 0.309 e. The van der Waals surface area contributed by atoms with Crippen LogP contribution < -0.4 is 0 Å². The van der Waals surface area contributed by atoms with Crippen molar-refractivity contribution in [3.63, 3.8) is 0 Å². The number of benzene rings is 12. The molecule has 16 rings (SSSR count). The van der Waals surface area contributed by atoms with Gasteiger partial charge >= 0.3 is 18.5 Å². The predicted octanol–water partition coefficient (Wildman–Crippen LogP) is 25.6. The first-order valence-electron chi connectivity index (χ1n) is 32.7. The number of nitriles is 1. The van der Waals surface area contributed by atoms with Crippen molar-refractivity contribution in [2.24, 2.45) is 0 Å². The van der Waals surface area contributed by atoms with Crippen LogP contribution in [-0.2, 0) is 18.5 Å².